The van der Waals surface area contributed by atoms with Crippen LogP contribution in [-0.2, 0) is 16.2 Å². The van der Waals surface area contributed by atoms with Crippen LogP contribution in [0, 0.1) is 0 Å². The molecule has 0 bridgehead atoms. The number of pyridine rings is 2. The van der Waals surface area contributed by atoms with E-state index in [4.69, 9.17) is 9.97 Å². The van der Waals surface area contributed by atoms with Gasteiger partial charge in [0.05, 0.1) is 27.5 Å². The van der Waals surface area contributed by atoms with Gasteiger partial charge >= 0.3 is 0 Å². The van der Waals surface area contributed by atoms with Gasteiger partial charge in [-0.05, 0) is 104 Å². The molecular weight excluding hydrogens is 717 g/mol. The summed E-state index contributed by atoms with van der Waals surface area (Å²) in [5.41, 5.74) is 14.0. The lowest BCUT2D eigenvalue weighted by Crippen LogP contribution is -2.28. The quantitative estimate of drug-likeness (QED) is 0.179. The third-order valence-corrected chi connectivity index (χ3v) is 12.8. The predicted octanol–water partition coefficient (Wildman–Crippen LogP) is 13.6. The van der Waals surface area contributed by atoms with Crippen LogP contribution in [0.25, 0.3) is 66.4 Å². The van der Waals surface area contributed by atoms with Gasteiger partial charge in [-0.3, -0.25) is 9.13 Å². The van der Waals surface area contributed by atoms with Crippen molar-refractivity contribution in [1.29, 1.82) is 0 Å². The molecular formula is C55H46N4. The highest BCUT2D eigenvalue weighted by molar-refractivity contribution is 6.11. The van der Waals surface area contributed by atoms with Gasteiger partial charge in [-0.1, -0.05) is 151 Å². The highest BCUT2D eigenvalue weighted by atomic mass is 15.1. The van der Waals surface area contributed by atoms with E-state index in [1.54, 1.807) is 0 Å². The molecule has 1 aliphatic rings. The maximum atomic E-state index is 5.04. The molecule has 0 saturated carbocycles. The Morgan fingerprint density at radius 2 is 0.780 bits per heavy atom. The lowest BCUT2D eigenvalue weighted by molar-refractivity contribution is 0.588. The Hall–Kier alpha value is -6.78. The van der Waals surface area contributed by atoms with Gasteiger partial charge in [0.2, 0.25) is 0 Å². The molecule has 4 nitrogen and oxygen atoms in total. The monoisotopic (exact) mass is 762 g/mol. The number of hydrogen-bond acceptors (Lipinski definition) is 2. The first-order valence-corrected chi connectivity index (χ1v) is 20.7. The number of hydrogen-bond donors (Lipinski definition) is 0. The van der Waals surface area contributed by atoms with Crippen LogP contribution in [0.15, 0.2) is 170 Å². The molecule has 10 aromatic rings. The highest BCUT2D eigenvalue weighted by Gasteiger charge is 2.46. The Balaban J connectivity index is 1.25. The summed E-state index contributed by atoms with van der Waals surface area (Å²) in [5.74, 6) is 1.86. The molecule has 0 atom stereocenters. The van der Waals surface area contributed by atoms with E-state index < -0.39 is 5.41 Å². The van der Waals surface area contributed by atoms with Crippen LogP contribution in [0.1, 0.15) is 74.9 Å². The van der Waals surface area contributed by atoms with Gasteiger partial charge < -0.3 is 0 Å². The smallest absolute Gasteiger partial charge is 0.137 e. The number of aromatic nitrogens is 4. The molecule has 0 spiro atoms. The largest absolute Gasteiger partial charge is 0.294 e. The summed E-state index contributed by atoms with van der Waals surface area (Å²) in [4.78, 5) is 10.1. The van der Waals surface area contributed by atoms with E-state index in [9.17, 15) is 0 Å². The average molecular weight is 763 g/mol. The highest BCUT2D eigenvalue weighted by Crippen LogP contribution is 2.57. The molecule has 0 radical (unpaired) electrons. The van der Waals surface area contributed by atoms with Crippen molar-refractivity contribution >= 4 is 43.6 Å². The lowest BCUT2D eigenvalue weighted by Gasteiger charge is -2.34. The molecule has 4 heterocycles. The van der Waals surface area contributed by atoms with E-state index in [0.29, 0.717) is 0 Å². The van der Waals surface area contributed by atoms with Crippen LogP contribution in [0.3, 0.4) is 0 Å². The molecule has 0 N–H and O–H groups in total. The fraction of sp³-hybridized carbons (Fsp3) is 0.164. The van der Waals surface area contributed by atoms with E-state index in [0.717, 1.165) is 33.7 Å². The Morgan fingerprint density at radius 1 is 0.390 bits per heavy atom. The molecule has 6 aromatic carbocycles. The van der Waals surface area contributed by atoms with Crippen molar-refractivity contribution in [1.82, 2.24) is 19.1 Å². The zero-order chi connectivity index (χ0) is 40.3. The Bertz CT molecular complexity index is 3090. The number of fused-ring (bicyclic) bond motifs is 9. The lowest BCUT2D eigenvalue weighted by atomic mass is 9.67. The second-order valence-corrected chi connectivity index (χ2v) is 18.3. The molecule has 0 aliphatic heterocycles. The summed E-state index contributed by atoms with van der Waals surface area (Å²) in [6, 6.07) is 58.7. The van der Waals surface area contributed by atoms with E-state index in [2.05, 4.69) is 208 Å². The molecule has 11 rings (SSSR count). The summed E-state index contributed by atoms with van der Waals surface area (Å²) < 4.78 is 4.75. The minimum absolute atomic E-state index is 0.0202. The first-order valence-electron chi connectivity index (χ1n) is 20.7. The van der Waals surface area contributed by atoms with Crippen molar-refractivity contribution in [2.24, 2.45) is 0 Å². The van der Waals surface area contributed by atoms with Crippen LogP contribution in [0.4, 0.5) is 0 Å². The molecule has 59 heavy (non-hydrogen) atoms. The zero-order valence-corrected chi connectivity index (χ0v) is 34.5. The van der Waals surface area contributed by atoms with E-state index in [-0.39, 0.29) is 10.8 Å². The molecule has 0 saturated heterocycles. The molecule has 4 aromatic heterocycles. The first-order chi connectivity index (χ1) is 28.5. The van der Waals surface area contributed by atoms with Gasteiger partial charge in [0.1, 0.15) is 11.6 Å². The van der Waals surface area contributed by atoms with Gasteiger partial charge in [0.25, 0.3) is 0 Å². The summed E-state index contributed by atoms with van der Waals surface area (Å²) >= 11 is 0. The SMILES string of the molecule is CC(C)(C)c1ccnc(-n2c3ccccc3c3ccc(C4(c5ccc6c7ccccc7n(-c7cc(C(C)(C)C)ccn7)c6c5)c5ccccc5-c5ccccc54)cc32)c1. The third-order valence-electron chi connectivity index (χ3n) is 12.8. The summed E-state index contributed by atoms with van der Waals surface area (Å²) in [7, 11) is 0. The Morgan fingerprint density at radius 3 is 1.22 bits per heavy atom. The van der Waals surface area contributed by atoms with Gasteiger partial charge in [-0.2, -0.15) is 0 Å². The number of para-hydroxylation sites is 2. The number of nitrogens with zero attached hydrogens (tertiary/aromatic N) is 4. The van der Waals surface area contributed by atoms with E-state index in [1.165, 1.54) is 66.1 Å². The third kappa shape index (κ3) is 5.15. The van der Waals surface area contributed by atoms with Crippen LogP contribution < -0.4 is 0 Å². The average Bonchev–Trinajstić information content (AvgIpc) is 3.87. The molecule has 0 amide bonds. The molecule has 4 heteroatoms. The fourth-order valence-electron chi connectivity index (χ4n) is 9.94. The second kappa shape index (κ2) is 12.6. The molecule has 0 unspecified atom stereocenters. The Kier molecular flexibility index (Phi) is 7.56. The molecule has 1 aliphatic carbocycles. The van der Waals surface area contributed by atoms with Crippen molar-refractivity contribution in [2.75, 3.05) is 0 Å². The molecule has 286 valence electrons. The van der Waals surface area contributed by atoms with Crippen LogP contribution >= 0.6 is 0 Å². The number of rotatable bonds is 4. The summed E-state index contributed by atoms with van der Waals surface area (Å²) in [5, 5.41) is 4.85. The van der Waals surface area contributed by atoms with Crippen molar-refractivity contribution < 1.29 is 0 Å². The minimum atomic E-state index is -0.625. The first kappa shape index (κ1) is 35.4. The van der Waals surface area contributed by atoms with Crippen LogP contribution in [-0.4, -0.2) is 19.1 Å². The van der Waals surface area contributed by atoms with Crippen molar-refractivity contribution in [3.05, 3.63) is 203 Å². The minimum Gasteiger partial charge on any atom is -0.294 e. The zero-order valence-electron chi connectivity index (χ0n) is 34.5. The van der Waals surface area contributed by atoms with Gasteiger partial charge in [-0.25, -0.2) is 9.97 Å². The maximum Gasteiger partial charge on any atom is 0.137 e. The number of benzene rings is 6. The van der Waals surface area contributed by atoms with Gasteiger partial charge in [-0.15, -0.1) is 0 Å². The summed E-state index contributed by atoms with van der Waals surface area (Å²) in [6.07, 6.45) is 3.93. The van der Waals surface area contributed by atoms with Gasteiger partial charge in [0, 0.05) is 33.9 Å². The fourth-order valence-corrected chi connectivity index (χ4v) is 9.94. The van der Waals surface area contributed by atoms with Crippen LogP contribution in [0.5, 0.6) is 0 Å². The predicted molar refractivity (Wildman–Crippen MR) is 245 cm³/mol. The topological polar surface area (TPSA) is 35.6 Å². The van der Waals surface area contributed by atoms with E-state index >= 15 is 0 Å². The van der Waals surface area contributed by atoms with Crippen molar-refractivity contribution in [3.63, 3.8) is 0 Å². The van der Waals surface area contributed by atoms with Crippen molar-refractivity contribution in [3.8, 4) is 22.8 Å². The second-order valence-electron chi connectivity index (χ2n) is 18.3. The van der Waals surface area contributed by atoms with Crippen molar-refractivity contribution in [2.45, 2.75) is 57.8 Å². The molecule has 0 fully saturated rings. The normalized spacial score (nSPS) is 13.7. The summed E-state index contributed by atoms with van der Waals surface area (Å²) in [6.45, 7) is 13.6. The van der Waals surface area contributed by atoms with E-state index in [1.807, 2.05) is 12.4 Å². The standard InChI is InChI=1S/C55H46N4/c1-53(2,3)35-27-29-56-51(33-35)58-47-21-13-9-17-41(47)43-25-23-37(31-49(43)58)55(45-19-11-7-15-39(45)40-16-8-12-20-46(40)55)38-24-26-44-42-18-10-14-22-48(42)59(50(44)32-38)52-34-36(28-30-57-52)54(4,5)6/h7-34H,1-6H3. The Labute approximate surface area is 345 Å². The van der Waals surface area contributed by atoms with Crippen LogP contribution in [0.2, 0.25) is 0 Å². The maximum absolute atomic E-state index is 5.04. The van der Waals surface area contributed by atoms with Gasteiger partial charge in [0.15, 0.2) is 0 Å².